The van der Waals surface area contributed by atoms with Gasteiger partial charge in [-0.25, -0.2) is 4.68 Å². The van der Waals surface area contributed by atoms with Crippen molar-refractivity contribution in [3.8, 4) is 0 Å². The molecule has 0 saturated heterocycles. The molecule has 138 valence electrons. The smallest absolute Gasteiger partial charge is 0.240 e. The van der Waals surface area contributed by atoms with Crippen molar-refractivity contribution in [3.63, 3.8) is 0 Å². The molecule has 7 heteroatoms. The Labute approximate surface area is 162 Å². The van der Waals surface area contributed by atoms with Gasteiger partial charge in [0.05, 0.1) is 6.04 Å². The Balaban J connectivity index is 1.66. The van der Waals surface area contributed by atoms with Gasteiger partial charge in [0.2, 0.25) is 11.1 Å². The number of carbonyl (C=O) groups excluding carboxylic acids is 1. The molecule has 0 saturated carbocycles. The number of nitrogens with one attached hydrogen (secondary N) is 2. The van der Waals surface area contributed by atoms with E-state index in [9.17, 15) is 4.79 Å². The van der Waals surface area contributed by atoms with E-state index in [1.165, 1.54) is 17.3 Å². The number of rotatable bonds is 3. The third kappa shape index (κ3) is 3.42. The van der Waals surface area contributed by atoms with Crippen LogP contribution in [0.25, 0.3) is 0 Å². The van der Waals surface area contributed by atoms with E-state index in [-0.39, 0.29) is 17.2 Å². The molecule has 0 radical (unpaired) electrons. The van der Waals surface area contributed by atoms with Crippen molar-refractivity contribution < 1.29 is 4.79 Å². The molecule has 1 aliphatic rings. The minimum absolute atomic E-state index is 0.0554. The van der Waals surface area contributed by atoms with Crippen molar-refractivity contribution in [1.82, 2.24) is 14.9 Å². The molecule has 2 aromatic carbocycles. The van der Waals surface area contributed by atoms with Crippen LogP contribution in [0.15, 0.2) is 53.7 Å². The lowest BCUT2D eigenvalue weighted by atomic mass is 10.0. The second-order valence-electron chi connectivity index (χ2n) is 6.73. The summed E-state index contributed by atoms with van der Waals surface area (Å²) in [5.74, 6) is 0.715. The van der Waals surface area contributed by atoms with E-state index in [2.05, 4.69) is 27.0 Å². The molecule has 1 amide bonds. The van der Waals surface area contributed by atoms with Crippen LogP contribution in [-0.2, 0) is 4.79 Å². The molecule has 2 heterocycles. The molecule has 6 nitrogen and oxygen atoms in total. The van der Waals surface area contributed by atoms with Crippen LogP contribution in [0.1, 0.15) is 28.6 Å². The number of nitrogens with zero attached hydrogens (tertiary/aromatic N) is 3. The highest BCUT2D eigenvalue weighted by Gasteiger charge is 2.37. The van der Waals surface area contributed by atoms with Crippen molar-refractivity contribution in [2.45, 2.75) is 37.2 Å². The zero-order chi connectivity index (χ0) is 19.0. The molecule has 3 aromatic rings. The van der Waals surface area contributed by atoms with Crippen LogP contribution in [0.2, 0.25) is 0 Å². The highest BCUT2D eigenvalue weighted by molar-refractivity contribution is 8.00. The Morgan fingerprint density at radius 2 is 1.89 bits per heavy atom. The lowest BCUT2D eigenvalue weighted by Crippen LogP contribution is -2.41. The SMILES string of the molecule is Cc1ccc(NC(=O)[C@H]2Sc3nnc(C)n3N[C@H]2c2ccccc2)c(C)c1. The molecule has 4 rings (SSSR count). The molecule has 2 N–H and O–H groups in total. The molecule has 1 aliphatic heterocycles. The van der Waals surface area contributed by atoms with E-state index in [4.69, 9.17) is 0 Å². The standard InChI is InChI=1S/C20H21N5OS/c1-12-9-10-16(13(2)11-12)21-19(26)18-17(15-7-5-4-6-8-15)24-25-14(3)22-23-20(25)27-18/h4-11,17-18,24H,1-3H3,(H,21,26)/t17-,18-/m0/s1. The van der Waals surface area contributed by atoms with Crippen LogP contribution in [-0.4, -0.2) is 26.0 Å². The third-order valence-electron chi connectivity index (χ3n) is 4.66. The summed E-state index contributed by atoms with van der Waals surface area (Å²) in [4.78, 5) is 13.2. The fraction of sp³-hybridized carbons (Fsp3) is 0.250. The number of benzene rings is 2. The van der Waals surface area contributed by atoms with Gasteiger partial charge in [-0.15, -0.1) is 10.2 Å². The fourth-order valence-corrected chi connectivity index (χ4v) is 4.35. The summed E-state index contributed by atoms with van der Waals surface area (Å²) in [6.07, 6.45) is 0. The average molecular weight is 379 g/mol. The van der Waals surface area contributed by atoms with E-state index in [0.717, 1.165) is 22.6 Å². The molecule has 2 atom stereocenters. The minimum Gasteiger partial charge on any atom is -0.325 e. The van der Waals surface area contributed by atoms with E-state index in [1.807, 2.05) is 67.9 Å². The first-order valence-electron chi connectivity index (χ1n) is 8.81. The summed E-state index contributed by atoms with van der Waals surface area (Å²) in [5.41, 5.74) is 7.51. The monoisotopic (exact) mass is 379 g/mol. The van der Waals surface area contributed by atoms with Crippen molar-refractivity contribution in [1.29, 1.82) is 0 Å². The predicted molar refractivity (Wildman–Crippen MR) is 107 cm³/mol. The first-order chi connectivity index (χ1) is 13.0. The largest absolute Gasteiger partial charge is 0.325 e. The molecule has 0 fully saturated rings. The summed E-state index contributed by atoms with van der Waals surface area (Å²) < 4.78 is 1.85. The number of hydrogen-bond donors (Lipinski definition) is 2. The van der Waals surface area contributed by atoms with E-state index in [1.54, 1.807) is 0 Å². The highest BCUT2D eigenvalue weighted by Crippen LogP contribution is 2.37. The topological polar surface area (TPSA) is 71.8 Å². The summed E-state index contributed by atoms with van der Waals surface area (Å²) >= 11 is 1.43. The first-order valence-corrected chi connectivity index (χ1v) is 9.69. The zero-order valence-electron chi connectivity index (χ0n) is 15.4. The average Bonchev–Trinajstić information content (AvgIpc) is 3.04. The minimum atomic E-state index is -0.371. The zero-order valence-corrected chi connectivity index (χ0v) is 16.2. The van der Waals surface area contributed by atoms with Crippen molar-refractivity contribution in [3.05, 3.63) is 71.0 Å². The van der Waals surface area contributed by atoms with Crippen LogP contribution in [0.3, 0.4) is 0 Å². The molecular formula is C20H21N5OS. The van der Waals surface area contributed by atoms with E-state index < -0.39 is 0 Å². The van der Waals surface area contributed by atoms with Gasteiger partial charge < -0.3 is 10.7 Å². The van der Waals surface area contributed by atoms with Gasteiger partial charge in [-0.05, 0) is 38.0 Å². The van der Waals surface area contributed by atoms with Crippen LogP contribution < -0.4 is 10.7 Å². The van der Waals surface area contributed by atoms with Crippen molar-refractivity contribution in [2.75, 3.05) is 10.7 Å². The quantitative estimate of drug-likeness (QED) is 0.727. The highest BCUT2D eigenvalue weighted by atomic mass is 32.2. The van der Waals surface area contributed by atoms with Gasteiger partial charge in [-0.3, -0.25) is 4.79 Å². The van der Waals surface area contributed by atoms with Crippen LogP contribution in [0, 0.1) is 20.8 Å². The Bertz CT molecular complexity index is 985. The molecule has 0 spiro atoms. The second kappa shape index (κ2) is 7.08. The lowest BCUT2D eigenvalue weighted by Gasteiger charge is -2.32. The summed E-state index contributed by atoms with van der Waals surface area (Å²) in [5, 5.41) is 11.7. The maximum absolute atomic E-state index is 13.2. The molecule has 27 heavy (non-hydrogen) atoms. The van der Waals surface area contributed by atoms with Crippen LogP contribution >= 0.6 is 11.8 Å². The summed E-state index contributed by atoms with van der Waals surface area (Å²) in [7, 11) is 0. The normalized spacial score (nSPS) is 18.5. The van der Waals surface area contributed by atoms with Gasteiger partial charge in [0.25, 0.3) is 0 Å². The lowest BCUT2D eigenvalue weighted by molar-refractivity contribution is -0.116. The number of hydrogen-bond acceptors (Lipinski definition) is 5. The molecule has 0 aliphatic carbocycles. The molecule has 0 bridgehead atoms. The summed E-state index contributed by atoms with van der Waals surface area (Å²) in [6, 6.07) is 15.8. The van der Waals surface area contributed by atoms with Gasteiger partial charge in [-0.1, -0.05) is 59.8 Å². The number of carbonyl (C=O) groups is 1. The maximum atomic E-state index is 13.2. The van der Waals surface area contributed by atoms with Crippen LogP contribution in [0.5, 0.6) is 0 Å². The van der Waals surface area contributed by atoms with E-state index >= 15 is 0 Å². The number of anilines is 1. The molecule has 0 unspecified atom stereocenters. The fourth-order valence-electron chi connectivity index (χ4n) is 3.23. The Morgan fingerprint density at radius 3 is 2.63 bits per heavy atom. The first kappa shape index (κ1) is 17.6. The number of amides is 1. The molecular weight excluding hydrogens is 358 g/mol. The van der Waals surface area contributed by atoms with Crippen LogP contribution in [0.4, 0.5) is 5.69 Å². The number of thioether (sulfide) groups is 1. The third-order valence-corrected chi connectivity index (χ3v) is 5.87. The molecule has 1 aromatic heterocycles. The van der Waals surface area contributed by atoms with Gasteiger partial charge >= 0.3 is 0 Å². The van der Waals surface area contributed by atoms with Crippen molar-refractivity contribution >= 4 is 23.4 Å². The Morgan fingerprint density at radius 1 is 1.11 bits per heavy atom. The maximum Gasteiger partial charge on any atom is 0.240 e. The van der Waals surface area contributed by atoms with Gasteiger partial charge in [0, 0.05) is 5.69 Å². The number of aryl methyl sites for hydroxylation is 3. The van der Waals surface area contributed by atoms with E-state index in [0.29, 0.717) is 5.16 Å². The Kier molecular flexibility index (Phi) is 4.61. The number of fused-ring (bicyclic) bond motifs is 1. The van der Waals surface area contributed by atoms with Gasteiger partial charge in [0.1, 0.15) is 11.1 Å². The van der Waals surface area contributed by atoms with Crippen molar-refractivity contribution in [2.24, 2.45) is 0 Å². The summed E-state index contributed by atoms with van der Waals surface area (Å²) in [6.45, 7) is 5.94. The Hall–Kier alpha value is -2.80. The number of aromatic nitrogens is 3. The van der Waals surface area contributed by atoms with Gasteiger partial charge in [0.15, 0.2) is 0 Å². The van der Waals surface area contributed by atoms with Gasteiger partial charge in [-0.2, -0.15) is 0 Å². The second-order valence-corrected chi connectivity index (χ2v) is 7.84. The predicted octanol–water partition coefficient (Wildman–Crippen LogP) is 3.60.